The molecule has 238 valence electrons. The first-order chi connectivity index (χ1) is 22.1. The molecule has 1 saturated heterocycles. The molecule has 1 fully saturated rings. The number of carbonyl (C=O) groups is 1. The molecule has 0 unspecified atom stereocenters. The second-order valence-electron chi connectivity index (χ2n) is 11.2. The number of aromatic nitrogens is 2. The van der Waals surface area contributed by atoms with E-state index in [0.29, 0.717) is 40.4 Å². The minimum atomic E-state index is -4.12. The first-order valence-electron chi connectivity index (χ1n) is 14.9. The van der Waals surface area contributed by atoms with Gasteiger partial charge in [0.15, 0.2) is 0 Å². The molecule has 46 heavy (non-hydrogen) atoms. The van der Waals surface area contributed by atoms with Crippen LogP contribution in [0, 0.1) is 6.92 Å². The van der Waals surface area contributed by atoms with Crippen molar-refractivity contribution in [2.24, 2.45) is 7.05 Å². The maximum Gasteiger partial charge on any atom is 0.335 e. The van der Waals surface area contributed by atoms with Gasteiger partial charge in [0.2, 0.25) is 0 Å². The Labute approximate surface area is 266 Å². The van der Waals surface area contributed by atoms with Crippen molar-refractivity contribution in [3.8, 4) is 28.4 Å². The fourth-order valence-corrected chi connectivity index (χ4v) is 6.86. The number of nitrogens with zero attached hydrogens (tertiary/aromatic N) is 3. The highest BCUT2D eigenvalue weighted by atomic mass is 32.2. The van der Waals surface area contributed by atoms with Gasteiger partial charge >= 0.3 is 5.97 Å². The number of carboxylic acids is 1. The van der Waals surface area contributed by atoms with Crippen molar-refractivity contribution in [2.45, 2.75) is 11.8 Å². The van der Waals surface area contributed by atoms with Crippen LogP contribution in [0.15, 0.2) is 94.9 Å². The molecule has 3 aromatic carbocycles. The Kier molecular flexibility index (Phi) is 8.67. The van der Waals surface area contributed by atoms with E-state index in [1.807, 2.05) is 13.0 Å². The van der Waals surface area contributed by atoms with Gasteiger partial charge in [0, 0.05) is 74.7 Å². The van der Waals surface area contributed by atoms with Gasteiger partial charge in [0.25, 0.3) is 15.6 Å². The number of piperazine rings is 1. The summed E-state index contributed by atoms with van der Waals surface area (Å²) in [6.45, 7) is 7.04. The molecule has 2 N–H and O–H groups in total. The number of aryl methyl sites for hydroxylation is 2. The van der Waals surface area contributed by atoms with Crippen LogP contribution in [0.3, 0.4) is 0 Å². The van der Waals surface area contributed by atoms with Crippen LogP contribution in [0.1, 0.15) is 15.9 Å². The van der Waals surface area contributed by atoms with E-state index in [4.69, 9.17) is 9.47 Å². The van der Waals surface area contributed by atoms with Crippen molar-refractivity contribution >= 4 is 26.9 Å². The zero-order valence-corrected chi connectivity index (χ0v) is 26.3. The monoisotopic (exact) mass is 642 g/mol. The molecular formula is C34H34N4O7S. The highest BCUT2D eigenvalue weighted by Crippen LogP contribution is 2.38. The Bertz CT molecular complexity index is 2080. The number of benzene rings is 3. The van der Waals surface area contributed by atoms with Crippen LogP contribution in [-0.4, -0.2) is 72.3 Å². The van der Waals surface area contributed by atoms with E-state index in [2.05, 4.69) is 10.2 Å². The minimum absolute atomic E-state index is 0.000981. The Morgan fingerprint density at radius 3 is 2.43 bits per heavy atom. The number of nitrogens with one attached hydrogen (secondary N) is 1. The Hall–Kier alpha value is -4.91. The summed E-state index contributed by atoms with van der Waals surface area (Å²) in [6.07, 6.45) is 2.89. The molecule has 1 aliphatic heterocycles. The van der Waals surface area contributed by atoms with Gasteiger partial charge in [-0.15, -0.1) is 0 Å². The van der Waals surface area contributed by atoms with Crippen molar-refractivity contribution in [3.05, 3.63) is 107 Å². The second-order valence-corrected chi connectivity index (χ2v) is 13.0. The SMILES string of the molecule is Cc1ccc(S(=O)(=O)n2ccc3c(-c4cc(C(=O)O)ccc4Oc4cccc(OCCN5CCNCC5)c4)cn(C)c(=O)c32)cc1. The van der Waals surface area contributed by atoms with Gasteiger partial charge in [-0.05, 0) is 55.5 Å². The summed E-state index contributed by atoms with van der Waals surface area (Å²) in [5.74, 6) is 0.258. The summed E-state index contributed by atoms with van der Waals surface area (Å²) in [6, 6.07) is 19.5. The molecule has 5 aromatic rings. The molecule has 0 amide bonds. The van der Waals surface area contributed by atoms with E-state index in [-0.39, 0.29) is 16.0 Å². The van der Waals surface area contributed by atoms with Gasteiger partial charge in [-0.2, -0.15) is 0 Å². The largest absolute Gasteiger partial charge is 0.492 e. The summed E-state index contributed by atoms with van der Waals surface area (Å²) < 4.78 is 41.9. The van der Waals surface area contributed by atoms with E-state index in [0.717, 1.165) is 42.3 Å². The van der Waals surface area contributed by atoms with Gasteiger partial charge < -0.3 is 24.5 Å². The van der Waals surface area contributed by atoms with Gasteiger partial charge in [0.1, 0.15) is 29.4 Å². The maximum absolute atomic E-state index is 13.7. The van der Waals surface area contributed by atoms with Crippen molar-refractivity contribution < 1.29 is 27.8 Å². The summed E-state index contributed by atoms with van der Waals surface area (Å²) in [5.41, 5.74) is 1.11. The second kappa shape index (κ2) is 12.8. The summed E-state index contributed by atoms with van der Waals surface area (Å²) in [7, 11) is -2.60. The molecule has 2 aromatic heterocycles. The van der Waals surface area contributed by atoms with Crippen LogP contribution < -0.4 is 20.3 Å². The number of carboxylic acid groups (broad SMARTS) is 1. The fourth-order valence-electron chi connectivity index (χ4n) is 5.51. The Morgan fingerprint density at radius 2 is 1.70 bits per heavy atom. The average Bonchev–Trinajstić information content (AvgIpc) is 3.51. The third-order valence-corrected chi connectivity index (χ3v) is 9.69. The van der Waals surface area contributed by atoms with Crippen molar-refractivity contribution in [3.63, 3.8) is 0 Å². The zero-order chi connectivity index (χ0) is 32.4. The Morgan fingerprint density at radius 1 is 0.957 bits per heavy atom. The number of ether oxygens (including phenoxy) is 2. The molecule has 0 saturated carbocycles. The predicted molar refractivity (Wildman–Crippen MR) is 175 cm³/mol. The van der Waals surface area contributed by atoms with Crippen LogP contribution in [0.4, 0.5) is 0 Å². The van der Waals surface area contributed by atoms with Crippen LogP contribution in [-0.2, 0) is 17.1 Å². The molecule has 0 atom stereocenters. The van der Waals surface area contributed by atoms with Crippen LogP contribution in [0.2, 0.25) is 0 Å². The van der Waals surface area contributed by atoms with Crippen molar-refractivity contribution in [1.82, 2.24) is 18.8 Å². The number of aromatic carboxylic acids is 1. The molecule has 6 rings (SSSR count). The van der Waals surface area contributed by atoms with Gasteiger partial charge in [-0.1, -0.05) is 23.8 Å². The smallest absolute Gasteiger partial charge is 0.335 e. The maximum atomic E-state index is 13.7. The van der Waals surface area contributed by atoms with Crippen molar-refractivity contribution in [2.75, 3.05) is 39.3 Å². The van der Waals surface area contributed by atoms with E-state index in [9.17, 15) is 23.1 Å². The summed E-state index contributed by atoms with van der Waals surface area (Å²) in [4.78, 5) is 27.8. The first-order valence-corrected chi connectivity index (χ1v) is 16.3. The molecular weight excluding hydrogens is 608 g/mol. The lowest BCUT2D eigenvalue weighted by Gasteiger charge is -2.26. The number of fused-ring (bicyclic) bond motifs is 1. The fraction of sp³-hybridized carbons (Fsp3) is 0.235. The molecule has 0 spiro atoms. The standard InChI is InChI=1S/C34H34N4O7S/c1-23-6-9-27(10-7-23)46(42,43)38-15-12-28-30(22-36(2)33(39)32(28)38)29-20-24(34(40)41)8-11-31(29)45-26-5-3-4-25(21-26)44-19-18-37-16-13-35-14-17-37/h3-12,15,20-22,35H,13-14,16-19H2,1-2H3,(H,40,41). The molecule has 3 heterocycles. The van der Waals surface area contributed by atoms with Crippen LogP contribution >= 0.6 is 0 Å². The van der Waals surface area contributed by atoms with Crippen LogP contribution in [0.25, 0.3) is 22.0 Å². The number of hydrogen-bond donors (Lipinski definition) is 2. The lowest BCUT2D eigenvalue weighted by Crippen LogP contribution is -2.44. The van der Waals surface area contributed by atoms with E-state index in [1.165, 1.54) is 42.1 Å². The summed E-state index contributed by atoms with van der Waals surface area (Å²) in [5, 5.41) is 13.5. The van der Waals surface area contributed by atoms with Crippen LogP contribution in [0.5, 0.6) is 17.2 Å². The number of hydrogen-bond acceptors (Lipinski definition) is 8. The number of rotatable bonds is 10. The lowest BCUT2D eigenvalue weighted by atomic mass is 10.0. The normalized spacial score (nSPS) is 14.0. The minimum Gasteiger partial charge on any atom is -0.492 e. The molecule has 1 aliphatic rings. The molecule has 0 aliphatic carbocycles. The zero-order valence-electron chi connectivity index (χ0n) is 25.5. The molecule has 0 bridgehead atoms. The molecule has 0 radical (unpaired) electrons. The van der Waals surface area contributed by atoms with E-state index >= 15 is 0 Å². The topological polar surface area (TPSA) is 132 Å². The molecule has 11 nitrogen and oxygen atoms in total. The van der Waals surface area contributed by atoms with E-state index < -0.39 is 21.6 Å². The van der Waals surface area contributed by atoms with Crippen molar-refractivity contribution in [1.29, 1.82) is 0 Å². The number of pyridine rings is 1. The van der Waals surface area contributed by atoms with Gasteiger partial charge in [0.05, 0.1) is 10.5 Å². The summed E-state index contributed by atoms with van der Waals surface area (Å²) >= 11 is 0. The van der Waals surface area contributed by atoms with Gasteiger partial charge in [-0.3, -0.25) is 9.69 Å². The predicted octanol–water partition coefficient (Wildman–Crippen LogP) is 4.33. The molecule has 12 heteroatoms. The lowest BCUT2D eigenvalue weighted by molar-refractivity contribution is 0.0697. The highest BCUT2D eigenvalue weighted by molar-refractivity contribution is 7.90. The highest BCUT2D eigenvalue weighted by Gasteiger charge is 2.24. The average molecular weight is 643 g/mol. The third kappa shape index (κ3) is 6.27. The first kappa shape index (κ1) is 31.1. The quantitative estimate of drug-likeness (QED) is 0.229. The Balaban J connectivity index is 1.38. The van der Waals surface area contributed by atoms with E-state index in [1.54, 1.807) is 48.7 Å². The third-order valence-electron chi connectivity index (χ3n) is 8.00. The van der Waals surface area contributed by atoms with Gasteiger partial charge in [-0.25, -0.2) is 17.2 Å².